The first-order valence-corrected chi connectivity index (χ1v) is 9.40. The van der Waals surface area contributed by atoms with Gasteiger partial charge in [-0.1, -0.05) is 12.1 Å². The van der Waals surface area contributed by atoms with Crippen molar-refractivity contribution in [3.63, 3.8) is 0 Å². The summed E-state index contributed by atoms with van der Waals surface area (Å²) in [5.41, 5.74) is 3.47. The van der Waals surface area contributed by atoms with Crippen molar-refractivity contribution in [2.45, 2.75) is 25.4 Å². The highest BCUT2D eigenvalue weighted by Crippen LogP contribution is 2.35. The number of para-hydroxylation sites is 2. The van der Waals surface area contributed by atoms with Crippen LogP contribution in [0.25, 0.3) is 11.0 Å². The van der Waals surface area contributed by atoms with Crippen LogP contribution in [-0.4, -0.2) is 56.5 Å². The molecule has 2 atom stereocenters. The molecule has 0 bridgehead atoms. The molecule has 1 aliphatic rings. The summed E-state index contributed by atoms with van der Waals surface area (Å²) in [5.74, 6) is 1.63. The number of fused-ring (bicyclic) bond motifs is 1. The Morgan fingerprint density at radius 2 is 2.12 bits per heavy atom. The van der Waals surface area contributed by atoms with E-state index in [9.17, 15) is 0 Å². The van der Waals surface area contributed by atoms with Crippen molar-refractivity contribution in [2.75, 3.05) is 27.2 Å². The SMILES string of the molecule is CN(Cc1nc2ccccc2[nH]1)C[C@@H]1CCCN(C)[C@H]1c1cncn1C. The van der Waals surface area contributed by atoms with E-state index in [0.717, 1.165) is 36.5 Å². The summed E-state index contributed by atoms with van der Waals surface area (Å²) >= 11 is 0. The van der Waals surface area contributed by atoms with Crippen LogP contribution < -0.4 is 0 Å². The molecule has 6 nitrogen and oxygen atoms in total. The molecule has 3 aromatic rings. The summed E-state index contributed by atoms with van der Waals surface area (Å²) < 4.78 is 2.17. The van der Waals surface area contributed by atoms with Crippen LogP contribution in [0.4, 0.5) is 0 Å². The largest absolute Gasteiger partial charge is 0.341 e. The third-order valence-corrected chi connectivity index (χ3v) is 5.57. The maximum Gasteiger partial charge on any atom is 0.121 e. The quantitative estimate of drug-likeness (QED) is 0.767. The molecule has 1 N–H and O–H groups in total. The molecule has 1 fully saturated rings. The Labute approximate surface area is 154 Å². The van der Waals surface area contributed by atoms with Gasteiger partial charge in [0.2, 0.25) is 0 Å². The highest BCUT2D eigenvalue weighted by molar-refractivity contribution is 5.74. The van der Waals surface area contributed by atoms with Gasteiger partial charge in [-0.2, -0.15) is 0 Å². The molecule has 0 spiro atoms. The van der Waals surface area contributed by atoms with Gasteiger partial charge in [0.15, 0.2) is 0 Å². The number of nitrogens with zero attached hydrogens (tertiary/aromatic N) is 5. The normalized spacial score (nSPS) is 21.7. The highest BCUT2D eigenvalue weighted by Gasteiger charge is 2.33. The van der Waals surface area contributed by atoms with Gasteiger partial charge >= 0.3 is 0 Å². The maximum atomic E-state index is 4.72. The molecule has 2 aromatic heterocycles. The van der Waals surface area contributed by atoms with Crippen molar-refractivity contribution in [3.05, 3.63) is 48.3 Å². The Morgan fingerprint density at radius 1 is 1.27 bits per heavy atom. The van der Waals surface area contributed by atoms with Crippen LogP contribution >= 0.6 is 0 Å². The molecule has 1 aliphatic heterocycles. The molecule has 1 aromatic carbocycles. The second kappa shape index (κ2) is 7.21. The number of hydrogen-bond donors (Lipinski definition) is 1. The van der Waals surface area contributed by atoms with E-state index < -0.39 is 0 Å². The van der Waals surface area contributed by atoms with Crippen LogP contribution in [0.2, 0.25) is 0 Å². The molecular weight excluding hydrogens is 324 g/mol. The molecule has 0 aliphatic carbocycles. The number of H-pyrrole nitrogens is 1. The standard InChI is InChI=1S/C20H28N6/c1-24(13-19-22-16-8-4-5-9-17(16)23-19)12-15-7-6-10-25(2)20(15)18-11-21-14-26(18)3/h4-5,8-9,11,14-15,20H,6-7,10,12-13H2,1-3H3,(H,22,23)/t15-,20+/m0/s1. The maximum absolute atomic E-state index is 4.72. The van der Waals surface area contributed by atoms with E-state index in [0.29, 0.717) is 12.0 Å². The number of hydrogen-bond acceptors (Lipinski definition) is 4. The van der Waals surface area contributed by atoms with Gasteiger partial charge in [0.05, 0.1) is 35.6 Å². The molecule has 3 heterocycles. The average molecular weight is 352 g/mol. The van der Waals surface area contributed by atoms with E-state index in [1.165, 1.54) is 18.5 Å². The zero-order chi connectivity index (χ0) is 18.1. The molecule has 0 radical (unpaired) electrons. The fourth-order valence-electron chi connectivity index (χ4n) is 4.37. The van der Waals surface area contributed by atoms with Gasteiger partial charge in [-0.15, -0.1) is 0 Å². The van der Waals surface area contributed by atoms with E-state index in [4.69, 9.17) is 4.98 Å². The van der Waals surface area contributed by atoms with Crippen LogP contribution in [0.3, 0.4) is 0 Å². The molecule has 26 heavy (non-hydrogen) atoms. The Bertz CT molecular complexity index is 833. The second-order valence-corrected chi connectivity index (χ2v) is 7.65. The van der Waals surface area contributed by atoms with Crippen molar-refractivity contribution in [2.24, 2.45) is 13.0 Å². The molecule has 0 saturated carbocycles. The number of aryl methyl sites for hydroxylation is 1. The zero-order valence-corrected chi connectivity index (χ0v) is 15.9. The number of piperidine rings is 1. The Balaban J connectivity index is 1.48. The molecule has 0 amide bonds. The van der Waals surface area contributed by atoms with Crippen LogP contribution in [0.1, 0.15) is 30.4 Å². The first kappa shape index (κ1) is 17.2. The second-order valence-electron chi connectivity index (χ2n) is 7.65. The van der Waals surface area contributed by atoms with Gasteiger partial charge in [0.1, 0.15) is 5.82 Å². The molecule has 1 saturated heterocycles. The minimum absolute atomic E-state index is 0.425. The van der Waals surface area contributed by atoms with Crippen molar-refractivity contribution in [1.82, 2.24) is 29.3 Å². The number of benzene rings is 1. The monoisotopic (exact) mass is 352 g/mol. The minimum atomic E-state index is 0.425. The zero-order valence-electron chi connectivity index (χ0n) is 15.9. The lowest BCUT2D eigenvalue weighted by atomic mass is 9.87. The van der Waals surface area contributed by atoms with Gasteiger partial charge in [0, 0.05) is 19.8 Å². The molecular formula is C20H28N6. The van der Waals surface area contributed by atoms with Gasteiger partial charge < -0.3 is 9.55 Å². The summed E-state index contributed by atoms with van der Waals surface area (Å²) in [6.45, 7) is 3.05. The summed E-state index contributed by atoms with van der Waals surface area (Å²) in [7, 11) is 6.53. The van der Waals surface area contributed by atoms with Crippen molar-refractivity contribution < 1.29 is 0 Å². The van der Waals surface area contributed by atoms with E-state index in [-0.39, 0.29) is 0 Å². The van der Waals surface area contributed by atoms with Gasteiger partial charge in [-0.25, -0.2) is 9.97 Å². The summed E-state index contributed by atoms with van der Waals surface area (Å²) in [6.07, 6.45) is 6.45. The first-order valence-electron chi connectivity index (χ1n) is 9.40. The third-order valence-electron chi connectivity index (χ3n) is 5.57. The Hall–Kier alpha value is -2.18. The van der Waals surface area contributed by atoms with Crippen LogP contribution in [0.5, 0.6) is 0 Å². The molecule has 138 valence electrons. The van der Waals surface area contributed by atoms with Crippen LogP contribution in [0, 0.1) is 5.92 Å². The fourth-order valence-corrected chi connectivity index (χ4v) is 4.37. The average Bonchev–Trinajstić information content (AvgIpc) is 3.20. The summed E-state index contributed by atoms with van der Waals surface area (Å²) in [4.78, 5) is 17.4. The highest BCUT2D eigenvalue weighted by atomic mass is 15.2. The van der Waals surface area contributed by atoms with Gasteiger partial charge in [0.25, 0.3) is 0 Å². The predicted molar refractivity (Wildman–Crippen MR) is 104 cm³/mol. The van der Waals surface area contributed by atoms with Gasteiger partial charge in [-0.05, 0) is 51.5 Å². The molecule has 0 unspecified atom stereocenters. The number of nitrogens with one attached hydrogen (secondary N) is 1. The van der Waals surface area contributed by atoms with Gasteiger partial charge in [-0.3, -0.25) is 9.80 Å². The first-order chi connectivity index (χ1) is 12.6. The Morgan fingerprint density at radius 3 is 2.88 bits per heavy atom. The summed E-state index contributed by atoms with van der Waals surface area (Å²) in [6, 6.07) is 8.65. The fraction of sp³-hybridized carbons (Fsp3) is 0.500. The molecule has 6 heteroatoms. The lowest BCUT2D eigenvalue weighted by Gasteiger charge is -2.40. The van der Waals surface area contributed by atoms with E-state index in [2.05, 4.69) is 57.6 Å². The number of imidazole rings is 2. The van der Waals surface area contributed by atoms with Crippen molar-refractivity contribution in [1.29, 1.82) is 0 Å². The van der Waals surface area contributed by atoms with E-state index in [1.807, 2.05) is 24.7 Å². The van der Waals surface area contributed by atoms with E-state index >= 15 is 0 Å². The van der Waals surface area contributed by atoms with Crippen molar-refractivity contribution >= 4 is 11.0 Å². The number of aromatic amines is 1. The van der Waals surface area contributed by atoms with Crippen LogP contribution in [-0.2, 0) is 13.6 Å². The summed E-state index contributed by atoms with van der Waals surface area (Å²) in [5, 5.41) is 0. The smallest absolute Gasteiger partial charge is 0.121 e. The lowest BCUT2D eigenvalue weighted by molar-refractivity contribution is 0.0874. The molecule has 4 rings (SSSR count). The van der Waals surface area contributed by atoms with Crippen molar-refractivity contribution in [3.8, 4) is 0 Å². The number of aromatic nitrogens is 4. The van der Waals surface area contributed by atoms with E-state index in [1.54, 1.807) is 0 Å². The number of rotatable bonds is 5. The topological polar surface area (TPSA) is 53.0 Å². The van der Waals surface area contributed by atoms with Crippen LogP contribution in [0.15, 0.2) is 36.8 Å². The third kappa shape index (κ3) is 3.39. The number of likely N-dealkylation sites (tertiary alicyclic amines) is 1. The minimum Gasteiger partial charge on any atom is -0.341 e. The predicted octanol–water partition coefficient (Wildman–Crippen LogP) is 2.81. The Kier molecular flexibility index (Phi) is 4.78. The lowest BCUT2D eigenvalue weighted by Crippen LogP contribution is -2.41.